The van der Waals surface area contributed by atoms with E-state index in [1.165, 1.54) is 99.1 Å². The van der Waals surface area contributed by atoms with Crippen molar-refractivity contribution in [1.82, 2.24) is 9.13 Å². The van der Waals surface area contributed by atoms with E-state index in [2.05, 4.69) is 179 Å². The van der Waals surface area contributed by atoms with Crippen molar-refractivity contribution in [2.45, 2.75) is 0 Å². The molecule has 2 heteroatoms. The number of benzene rings is 8. The van der Waals surface area contributed by atoms with Crippen LogP contribution in [0, 0.1) is 0 Å². The standard InChI is InChI=1S/C46H28N2/c1-2-13-32(14-3-1)47-40-21-7-6-18-36(40)37-25-23-31(28-43(37)47)30-12-8-15-33(27-30)48-41-22-10-20-39-35-17-5-4-16-34(35)38-19-9-11-29-24-26-42(48)46(44(29)38)45(39)41/h1-28H. The molecule has 0 spiro atoms. The monoisotopic (exact) mass is 608 g/mol. The van der Waals surface area contributed by atoms with Crippen molar-refractivity contribution >= 4 is 54.4 Å². The van der Waals surface area contributed by atoms with Crippen LogP contribution in [0.15, 0.2) is 170 Å². The summed E-state index contributed by atoms with van der Waals surface area (Å²) in [5, 5.41) is 7.82. The van der Waals surface area contributed by atoms with Gasteiger partial charge in [0.1, 0.15) is 0 Å². The highest BCUT2D eigenvalue weighted by atomic mass is 15.0. The molecule has 0 N–H and O–H groups in total. The SMILES string of the molecule is c1ccc(-n2c3ccccc3c3ccc(-c4cccc(-n5c6cccc7c6c6c8c(cccc8ccc65)-c5ccccc5-7)c4)cc32)cc1. The Bertz CT molecular complexity index is 2940. The zero-order valence-corrected chi connectivity index (χ0v) is 26.1. The topological polar surface area (TPSA) is 9.86 Å². The van der Waals surface area contributed by atoms with Crippen LogP contribution in [-0.2, 0) is 0 Å². The van der Waals surface area contributed by atoms with Gasteiger partial charge in [-0.25, -0.2) is 0 Å². The van der Waals surface area contributed by atoms with E-state index in [9.17, 15) is 0 Å². The largest absolute Gasteiger partial charge is 0.309 e. The number of aromatic nitrogens is 2. The average molecular weight is 609 g/mol. The van der Waals surface area contributed by atoms with Gasteiger partial charge in [0, 0.05) is 32.9 Å². The summed E-state index contributed by atoms with van der Waals surface area (Å²) >= 11 is 0. The fourth-order valence-electron chi connectivity index (χ4n) is 8.44. The van der Waals surface area contributed by atoms with Gasteiger partial charge in [0.25, 0.3) is 0 Å². The second kappa shape index (κ2) is 9.57. The van der Waals surface area contributed by atoms with E-state index in [0.29, 0.717) is 0 Å². The van der Waals surface area contributed by atoms with Gasteiger partial charge in [0.2, 0.25) is 0 Å². The molecular weight excluding hydrogens is 581 g/mol. The molecule has 0 amide bonds. The van der Waals surface area contributed by atoms with Crippen LogP contribution < -0.4 is 0 Å². The van der Waals surface area contributed by atoms with Crippen molar-refractivity contribution in [2.24, 2.45) is 0 Å². The first kappa shape index (κ1) is 25.8. The summed E-state index contributed by atoms with van der Waals surface area (Å²) in [6.45, 7) is 0. The Hall–Kier alpha value is -6.38. The quantitative estimate of drug-likeness (QED) is 0.189. The average Bonchev–Trinajstić information content (AvgIpc) is 3.63. The van der Waals surface area contributed by atoms with Gasteiger partial charge in [-0.05, 0) is 92.7 Å². The van der Waals surface area contributed by atoms with E-state index in [-0.39, 0.29) is 0 Å². The first-order chi connectivity index (χ1) is 23.8. The van der Waals surface area contributed by atoms with Crippen molar-refractivity contribution in [3.8, 4) is 44.8 Å². The molecule has 2 heterocycles. The van der Waals surface area contributed by atoms with Gasteiger partial charge >= 0.3 is 0 Å². The minimum atomic E-state index is 1.17. The third-order valence-corrected chi connectivity index (χ3v) is 10.4. The van der Waals surface area contributed by atoms with Crippen LogP contribution in [0.25, 0.3) is 99.1 Å². The molecule has 10 aromatic rings. The summed E-state index contributed by atoms with van der Waals surface area (Å²) in [6.07, 6.45) is 0. The summed E-state index contributed by atoms with van der Waals surface area (Å²) < 4.78 is 4.87. The first-order valence-corrected chi connectivity index (χ1v) is 16.6. The highest BCUT2D eigenvalue weighted by Gasteiger charge is 2.24. The minimum absolute atomic E-state index is 1.17. The molecule has 222 valence electrons. The molecule has 0 unspecified atom stereocenters. The van der Waals surface area contributed by atoms with E-state index < -0.39 is 0 Å². The number of nitrogens with zero attached hydrogens (tertiary/aromatic N) is 2. The second-order valence-electron chi connectivity index (χ2n) is 12.9. The maximum Gasteiger partial charge on any atom is 0.0548 e. The van der Waals surface area contributed by atoms with Gasteiger partial charge < -0.3 is 9.13 Å². The molecule has 0 atom stereocenters. The van der Waals surface area contributed by atoms with Gasteiger partial charge in [-0.15, -0.1) is 0 Å². The molecule has 0 saturated carbocycles. The lowest BCUT2D eigenvalue weighted by Crippen LogP contribution is -1.96. The highest BCUT2D eigenvalue weighted by molar-refractivity contribution is 6.30. The van der Waals surface area contributed by atoms with Crippen LogP contribution in [0.2, 0.25) is 0 Å². The lowest BCUT2D eigenvalue weighted by molar-refractivity contribution is 1.18. The van der Waals surface area contributed by atoms with Gasteiger partial charge in [0.15, 0.2) is 0 Å². The van der Waals surface area contributed by atoms with E-state index in [1.807, 2.05) is 0 Å². The maximum atomic E-state index is 2.47. The Morgan fingerprint density at radius 1 is 0.292 bits per heavy atom. The predicted octanol–water partition coefficient (Wildman–Crippen LogP) is 12.3. The molecule has 2 nitrogen and oxygen atoms in total. The van der Waals surface area contributed by atoms with Crippen molar-refractivity contribution < 1.29 is 0 Å². The summed E-state index contributed by atoms with van der Waals surface area (Å²) in [5.74, 6) is 0. The van der Waals surface area contributed by atoms with Crippen LogP contribution >= 0.6 is 0 Å². The Morgan fingerprint density at radius 2 is 0.896 bits per heavy atom. The van der Waals surface area contributed by atoms with Crippen LogP contribution in [0.5, 0.6) is 0 Å². The maximum absolute atomic E-state index is 2.47. The van der Waals surface area contributed by atoms with Crippen LogP contribution in [0.4, 0.5) is 0 Å². The molecule has 11 rings (SSSR count). The van der Waals surface area contributed by atoms with Gasteiger partial charge in [-0.1, -0.05) is 121 Å². The summed E-state index contributed by atoms with van der Waals surface area (Å²) in [5.41, 5.74) is 14.8. The minimum Gasteiger partial charge on any atom is -0.309 e. The number of para-hydroxylation sites is 2. The number of hydrogen-bond donors (Lipinski definition) is 0. The Labute approximate surface area is 277 Å². The van der Waals surface area contributed by atoms with Crippen molar-refractivity contribution in [1.29, 1.82) is 0 Å². The van der Waals surface area contributed by atoms with E-state index >= 15 is 0 Å². The van der Waals surface area contributed by atoms with E-state index in [0.717, 1.165) is 0 Å². The summed E-state index contributed by atoms with van der Waals surface area (Å²) in [6, 6.07) is 62.5. The lowest BCUT2D eigenvalue weighted by Gasteiger charge is -2.14. The second-order valence-corrected chi connectivity index (χ2v) is 12.9. The molecule has 0 saturated heterocycles. The summed E-state index contributed by atoms with van der Waals surface area (Å²) in [7, 11) is 0. The molecule has 0 aliphatic heterocycles. The molecule has 8 aromatic carbocycles. The molecule has 1 aliphatic carbocycles. The van der Waals surface area contributed by atoms with E-state index in [1.54, 1.807) is 0 Å². The molecule has 0 radical (unpaired) electrons. The smallest absolute Gasteiger partial charge is 0.0548 e. The van der Waals surface area contributed by atoms with Crippen LogP contribution in [0.3, 0.4) is 0 Å². The third kappa shape index (κ3) is 3.41. The Morgan fingerprint density at radius 3 is 1.77 bits per heavy atom. The van der Waals surface area contributed by atoms with Gasteiger partial charge in [-0.2, -0.15) is 0 Å². The molecule has 0 fully saturated rings. The first-order valence-electron chi connectivity index (χ1n) is 16.6. The third-order valence-electron chi connectivity index (χ3n) is 10.4. The van der Waals surface area contributed by atoms with Crippen molar-refractivity contribution in [3.63, 3.8) is 0 Å². The number of rotatable bonds is 3. The highest BCUT2D eigenvalue weighted by Crippen LogP contribution is 2.49. The van der Waals surface area contributed by atoms with Gasteiger partial charge in [-0.3, -0.25) is 0 Å². The summed E-state index contributed by atoms with van der Waals surface area (Å²) in [4.78, 5) is 0. The molecule has 1 aliphatic rings. The molecular formula is C46H28N2. The van der Waals surface area contributed by atoms with Gasteiger partial charge in [0.05, 0.1) is 22.1 Å². The zero-order valence-electron chi connectivity index (χ0n) is 26.1. The van der Waals surface area contributed by atoms with Crippen LogP contribution in [0.1, 0.15) is 0 Å². The fraction of sp³-hybridized carbons (Fsp3) is 0. The predicted molar refractivity (Wildman–Crippen MR) is 202 cm³/mol. The fourth-order valence-corrected chi connectivity index (χ4v) is 8.44. The van der Waals surface area contributed by atoms with E-state index in [4.69, 9.17) is 0 Å². The molecule has 48 heavy (non-hydrogen) atoms. The zero-order chi connectivity index (χ0) is 31.3. The molecule has 0 bridgehead atoms. The number of hydrogen-bond acceptors (Lipinski definition) is 0. The lowest BCUT2D eigenvalue weighted by atomic mass is 9.93. The van der Waals surface area contributed by atoms with Crippen molar-refractivity contribution in [2.75, 3.05) is 0 Å². The Kier molecular flexibility index (Phi) is 5.14. The molecule has 2 aromatic heterocycles. The normalized spacial score (nSPS) is 12.2. The Balaban J connectivity index is 1.17. The van der Waals surface area contributed by atoms with Crippen LogP contribution in [-0.4, -0.2) is 9.13 Å². The van der Waals surface area contributed by atoms with Crippen molar-refractivity contribution in [3.05, 3.63) is 170 Å². The number of fused-ring (bicyclic) bond motifs is 6.